The average molecular weight is 674 g/mol. The van der Waals surface area contributed by atoms with E-state index in [0.717, 1.165) is 0 Å². The van der Waals surface area contributed by atoms with Crippen molar-refractivity contribution in [3.05, 3.63) is 36.9 Å². The number of amides is 4. The lowest BCUT2D eigenvalue weighted by Gasteiger charge is -2.36. The van der Waals surface area contributed by atoms with E-state index in [1.165, 1.54) is 11.0 Å². The molecule has 2 heterocycles. The Balaban J connectivity index is 1.42. The SMILES string of the molecule is C=C[C@@H]1C[C@]1(NC(=O)[C@@H]1C[C@@H](Oc2noc3ccccc23)CN1C(=O)[C@@H](NC(=O)OC(C)(C)C)C(C)(C)C)C(=O)NS(=O)(=O)C1CC1. The van der Waals surface area contributed by atoms with E-state index >= 15 is 0 Å². The molecule has 3 aliphatic rings. The van der Waals surface area contributed by atoms with Gasteiger partial charge in [-0.3, -0.25) is 19.1 Å². The number of carbonyl (C=O) groups excluding carboxylic acids is 4. The molecule has 2 aromatic rings. The summed E-state index contributed by atoms with van der Waals surface area (Å²) in [4.78, 5) is 55.8. The molecule has 2 saturated carbocycles. The van der Waals surface area contributed by atoms with Gasteiger partial charge in [0.1, 0.15) is 29.3 Å². The zero-order valence-electron chi connectivity index (χ0n) is 27.5. The number of hydrogen-bond acceptors (Lipinski definition) is 10. The molecule has 0 radical (unpaired) electrons. The van der Waals surface area contributed by atoms with Gasteiger partial charge in [-0.25, -0.2) is 13.2 Å². The number of nitrogens with zero attached hydrogens (tertiary/aromatic N) is 2. The molecule has 15 heteroatoms. The highest BCUT2D eigenvalue weighted by Gasteiger charge is 2.62. The number of ether oxygens (including phenoxy) is 2. The molecule has 1 aliphatic heterocycles. The molecular formula is C32H43N5O9S. The number of alkyl carbamates (subject to hydrolysis) is 1. The molecule has 1 saturated heterocycles. The van der Waals surface area contributed by atoms with E-state index in [1.54, 1.807) is 65.8 Å². The second-order valence-corrected chi connectivity index (χ2v) is 16.6. The standard InChI is InChI=1S/C32H43N5O9S/c1-8-18-16-32(18,28(40)36-47(42,43)20-13-14-20)34-25(38)22-15-19(44-26-21-11-9-10-12-23(21)46-35-26)17-37(22)27(39)24(30(2,3)4)33-29(41)45-31(5,6)7/h8-12,18-20,22,24H,1,13-17H2,2-7H3,(H,33,41)(H,34,38)(H,36,40)/t18-,19-,22+,24-,32-/m1/s1. The summed E-state index contributed by atoms with van der Waals surface area (Å²) in [6, 6.07) is 4.82. The van der Waals surface area contributed by atoms with E-state index in [2.05, 4.69) is 27.1 Å². The first kappa shape index (κ1) is 34.2. The predicted molar refractivity (Wildman–Crippen MR) is 170 cm³/mol. The summed E-state index contributed by atoms with van der Waals surface area (Å²) >= 11 is 0. The summed E-state index contributed by atoms with van der Waals surface area (Å²) in [7, 11) is -3.89. The molecule has 256 valence electrons. The number of likely N-dealkylation sites (tertiary alicyclic amines) is 1. The van der Waals surface area contributed by atoms with Crippen LogP contribution in [0.2, 0.25) is 0 Å². The summed E-state index contributed by atoms with van der Waals surface area (Å²) in [6.45, 7) is 14.1. The molecule has 3 fully saturated rings. The molecule has 0 spiro atoms. The minimum Gasteiger partial charge on any atom is -0.470 e. The van der Waals surface area contributed by atoms with Gasteiger partial charge in [-0.2, -0.15) is 0 Å². The lowest BCUT2D eigenvalue weighted by atomic mass is 9.85. The van der Waals surface area contributed by atoms with Crippen LogP contribution in [0.5, 0.6) is 5.88 Å². The van der Waals surface area contributed by atoms with E-state index in [-0.39, 0.29) is 25.3 Å². The number of sulfonamides is 1. The molecular weight excluding hydrogens is 630 g/mol. The van der Waals surface area contributed by atoms with Crippen LogP contribution >= 0.6 is 0 Å². The van der Waals surface area contributed by atoms with E-state index in [9.17, 15) is 27.6 Å². The summed E-state index contributed by atoms with van der Waals surface area (Å²) in [5, 5.41) is 9.42. The third-order valence-electron chi connectivity index (χ3n) is 8.49. The van der Waals surface area contributed by atoms with Crippen molar-refractivity contribution in [2.45, 2.75) is 102 Å². The maximum Gasteiger partial charge on any atom is 0.408 e. The Morgan fingerprint density at radius 1 is 1.13 bits per heavy atom. The Bertz CT molecular complexity index is 1690. The minimum absolute atomic E-state index is 0.0128. The van der Waals surface area contributed by atoms with Crippen LogP contribution in [0.25, 0.3) is 11.0 Å². The van der Waals surface area contributed by atoms with Crippen LogP contribution in [0, 0.1) is 11.3 Å². The van der Waals surface area contributed by atoms with E-state index in [1.807, 2.05) is 0 Å². The fraction of sp³-hybridized carbons (Fsp3) is 0.594. The monoisotopic (exact) mass is 673 g/mol. The fourth-order valence-corrected chi connectivity index (χ4v) is 7.10. The van der Waals surface area contributed by atoms with Gasteiger partial charge in [-0.1, -0.05) is 39.0 Å². The largest absolute Gasteiger partial charge is 0.470 e. The molecule has 1 aromatic heterocycles. The number of benzene rings is 1. The summed E-state index contributed by atoms with van der Waals surface area (Å²) in [5.41, 5.74) is -2.68. The van der Waals surface area contributed by atoms with Gasteiger partial charge >= 0.3 is 6.09 Å². The van der Waals surface area contributed by atoms with Crippen LogP contribution < -0.4 is 20.1 Å². The Morgan fingerprint density at radius 3 is 2.40 bits per heavy atom. The molecule has 2 aliphatic carbocycles. The third kappa shape index (κ3) is 7.39. The van der Waals surface area contributed by atoms with Crippen molar-refractivity contribution in [2.24, 2.45) is 11.3 Å². The van der Waals surface area contributed by atoms with E-state index < -0.39 is 79.7 Å². The second-order valence-electron chi connectivity index (χ2n) is 14.6. The van der Waals surface area contributed by atoms with Crippen LogP contribution in [-0.2, 0) is 29.1 Å². The molecule has 0 unspecified atom stereocenters. The van der Waals surface area contributed by atoms with Crippen molar-refractivity contribution in [3.8, 4) is 5.88 Å². The Labute approximate surface area is 274 Å². The highest BCUT2D eigenvalue weighted by Crippen LogP contribution is 2.45. The maximum atomic E-state index is 14.3. The number of nitrogens with one attached hydrogen (secondary N) is 3. The highest BCUT2D eigenvalue weighted by molar-refractivity contribution is 7.91. The van der Waals surface area contributed by atoms with Crippen LogP contribution in [-0.4, -0.2) is 83.4 Å². The first-order valence-corrected chi connectivity index (χ1v) is 17.2. The van der Waals surface area contributed by atoms with Crippen molar-refractivity contribution in [3.63, 3.8) is 0 Å². The Morgan fingerprint density at radius 2 is 1.81 bits per heavy atom. The third-order valence-corrected chi connectivity index (χ3v) is 10.3. The molecule has 5 atom stereocenters. The maximum absolute atomic E-state index is 14.3. The van der Waals surface area contributed by atoms with Crippen molar-refractivity contribution in [1.82, 2.24) is 25.4 Å². The Hall–Kier alpha value is -4.14. The molecule has 14 nitrogen and oxygen atoms in total. The molecule has 0 bridgehead atoms. The molecule has 5 rings (SSSR count). The predicted octanol–water partition coefficient (Wildman–Crippen LogP) is 2.78. The van der Waals surface area contributed by atoms with Crippen molar-refractivity contribution < 1.29 is 41.6 Å². The molecule has 3 N–H and O–H groups in total. The average Bonchev–Trinajstić information content (AvgIpc) is 3.86. The number of aromatic nitrogens is 1. The van der Waals surface area contributed by atoms with Crippen LogP contribution in [0.1, 0.15) is 67.2 Å². The number of rotatable bonds is 10. The van der Waals surface area contributed by atoms with Crippen molar-refractivity contribution in [1.29, 1.82) is 0 Å². The lowest BCUT2D eigenvalue weighted by Crippen LogP contribution is -2.60. The topological polar surface area (TPSA) is 186 Å². The van der Waals surface area contributed by atoms with Gasteiger partial charge in [0.25, 0.3) is 11.8 Å². The summed E-state index contributed by atoms with van der Waals surface area (Å²) in [6.07, 6.45) is 1.04. The Kier molecular flexibility index (Phi) is 8.84. The van der Waals surface area contributed by atoms with Gasteiger partial charge in [0, 0.05) is 12.3 Å². The molecule has 47 heavy (non-hydrogen) atoms. The number of para-hydroxylation sites is 1. The van der Waals surface area contributed by atoms with Gasteiger partial charge in [-0.05, 0) is 62.7 Å². The fourth-order valence-electron chi connectivity index (χ4n) is 5.74. The zero-order chi connectivity index (χ0) is 34.5. The molecule has 1 aromatic carbocycles. The zero-order valence-corrected chi connectivity index (χ0v) is 28.3. The van der Waals surface area contributed by atoms with Gasteiger partial charge < -0.3 is 29.5 Å². The number of carbonyl (C=O) groups is 4. The normalized spacial score (nSPS) is 25.1. The first-order valence-electron chi connectivity index (χ1n) is 15.7. The summed E-state index contributed by atoms with van der Waals surface area (Å²) in [5.74, 6) is -2.42. The van der Waals surface area contributed by atoms with E-state index in [0.29, 0.717) is 23.8 Å². The quantitative estimate of drug-likeness (QED) is 0.317. The molecule has 4 amide bonds. The van der Waals surface area contributed by atoms with Crippen LogP contribution in [0.3, 0.4) is 0 Å². The minimum atomic E-state index is -3.89. The lowest BCUT2D eigenvalue weighted by molar-refractivity contribution is -0.143. The van der Waals surface area contributed by atoms with Crippen molar-refractivity contribution >= 4 is 44.8 Å². The van der Waals surface area contributed by atoms with Gasteiger partial charge in [-0.15, -0.1) is 6.58 Å². The van der Waals surface area contributed by atoms with Crippen LogP contribution in [0.4, 0.5) is 4.79 Å². The number of fused-ring (bicyclic) bond motifs is 1. The highest BCUT2D eigenvalue weighted by atomic mass is 32.2. The smallest absolute Gasteiger partial charge is 0.408 e. The van der Waals surface area contributed by atoms with Gasteiger partial charge in [0.05, 0.1) is 17.2 Å². The van der Waals surface area contributed by atoms with Gasteiger partial charge in [0.15, 0.2) is 5.58 Å². The number of hydrogen-bond donors (Lipinski definition) is 3. The van der Waals surface area contributed by atoms with Crippen molar-refractivity contribution in [2.75, 3.05) is 6.54 Å². The van der Waals surface area contributed by atoms with Crippen LogP contribution in [0.15, 0.2) is 41.4 Å². The summed E-state index contributed by atoms with van der Waals surface area (Å²) < 4.78 is 44.3. The second kappa shape index (κ2) is 12.1. The first-order chi connectivity index (χ1) is 21.8. The van der Waals surface area contributed by atoms with Gasteiger partial charge in [0.2, 0.25) is 21.8 Å². The van der Waals surface area contributed by atoms with E-state index in [4.69, 9.17) is 14.0 Å².